The third-order valence-electron chi connectivity index (χ3n) is 5.87. The van der Waals surface area contributed by atoms with Gasteiger partial charge in [0, 0.05) is 30.4 Å². The summed E-state index contributed by atoms with van der Waals surface area (Å²) in [6.45, 7) is 1.81. The number of aromatic amines is 1. The molecule has 4 aromatic rings. The number of nitrogens with zero attached hydrogens (tertiary/aromatic N) is 3. The van der Waals surface area contributed by atoms with Gasteiger partial charge in [0.15, 0.2) is 6.61 Å². The molecule has 1 saturated heterocycles. The number of ether oxygens (including phenoxy) is 1. The Labute approximate surface area is 213 Å². The van der Waals surface area contributed by atoms with E-state index in [1.165, 1.54) is 0 Å². The van der Waals surface area contributed by atoms with Gasteiger partial charge in [-0.25, -0.2) is 5.48 Å². The zero-order chi connectivity index (χ0) is 25.5. The van der Waals surface area contributed by atoms with E-state index >= 15 is 0 Å². The van der Waals surface area contributed by atoms with Crippen molar-refractivity contribution in [3.63, 3.8) is 0 Å². The SMILES string of the molecule is O=C(NOCC(=O)N1CCOCC1)c1ccccc1Nc1ccc2c(/C=C/c3ccccn3)n[nH]c2c1. The van der Waals surface area contributed by atoms with Crippen LogP contribution in [0, 0.1) is 0 Å². The molecule has 5 rings (SSSR count). The molecule has 2 aromatic carbocycles. The Bertz CT molecular complexity index is 1410. The van der Waals surface area contributed by atoms with Gasteiger partial charge in [-0.1, -0.05) is 18.2 Å². The van der Waals surface area contributed by atoms with E-state index in [1.807, 2.05) is 54.6 Å². The number of amides is 2. The molecule has 10 heteroatoms. The number of benzene rings is 2. The number of rotatable bonds is 8. The number of H-pyrrole nitrogens is 1. The van der Waals surface area contributed by atoms with Crippen LogP contribution < -0.4 is 10.8 Å². The second-order valence-electron chi connectivity index (χ2n) is 8.34. The number of fused-ring (bicyclic) bond motifs is 1. The smallest absolute Gasteiger partial charge is 0.276 e. The van der Waals surface area contributed by atoms with Gasteiger partial charge in [-0.3, -0.25) is 24.5 Å². The highest BCUT2D eigenvalue weighted by atomic mass is 16.7. The monoisotopic (exact) mass is 498 g/mol. The van der Waals surface area contributed by atoms with Crippen molar-refractivity contribution in [3.8, 4) is 0 Å². The van der Waals surface area contributed by atoms with Crippen molar-refractivity contribution >= 4 is 46.2 Å². The Morgan fingerprint density at radius 1 is 1.05 bits per heavy atom. The molecule has 0 spiro atoms. The van der Waals surface area contributed by atoms with Gasteiger partial charge < -0.3 is 15.0 Å². The Kier molecular flexibility index (Phi) is 7.49. The minimum absolute atomic E-state index is 0.197. The van der Waals surface area contributed by atoms with Gasteiger partial charge in [0.1, 0.15) is 0 Å². The average molecular weight is 499 g/mol. The molecule has 188 valence electrons. The maximum Gasteiger partial charge on any atom is 0.276 e. The third kappa shape index (κ3) is 6.00. The molecule has 10 nitrogen and oxygen atoms in total. The van der Waals surface area contributed by atoms with E-state index in [9.17, 15) is 9.59 Å². The van der Waals surface area contributed by atoms with Crippen molar-refractivity contribution in [1.29, 1.82) is 0 Å². The number of hydrogen-bond acceptors (Lipinski definition) is 7. The van der Waals surface area contributed by atoms with Crippen LogP contribution in [0.4, 0.5) is 11.4 Å². The second-order valence-corrected chi connectivity index (χ2v) is 8.34. The van der Waals surface area contributed by atoms with E-state index in [-0.39, 0.29) is 12.5 Å². The first kappa shape index (κ1) is 24.2. The summed E-state index contributed by atoms with van der Waals surface area (Å²) < 4.78 is 5.24. The van der Waals surface area contributed by atoms with E-state index in [0.29, 0.717) is 37.6 Å². The van der Waals surface area contributed by atoms with Crippen LogP contribution in [0.2, 0.25) is 0 Å². The van der Waals surface area contributed by atoms with Gasteiger partial charge in [0.2, 0.25) is 0 Å². The molecule has 0 bridgehead atoms. The molecule has 37 heavy (non-hydrogen) atoms. The van der Waals surface area contributed by atoms with Crippen molar-refractivity contribution in [2.45, 2.75) is 0 Å². The fourth-order valence-corrected chi connectivity index (χ4v) is 3.95. The number of pyridine rings is 1. The number of hydroxylamine groups is 1. The van der Waals surface area contributed by atoms with Crippen molar-refractivity contribution in [3.05, 3.63) is 83.8 Å². The average Bonchev–Trinajstić information content (AvgIpc) is 3.35. The maximum atomic E-state index is 12.8. The van der Waals surface area contributed by atoms with Gasteiger partial charge >= 0.3 is 0 Å². The lowest BCUT2D eigenvalue weighted by Crippen LogP contribution is -2.43. The maximum absolute atomic E-state index is 12.8. The third-order valence-corrected chi connectivity index (χ3v) is 5.87. The summed E-state index contributed by atoms with van der Waals surface area (Å²) in [4.78, 5) is 36.1. The van der Waals surface area contributed by atoms with E-state index in [4.69, 9.17) is 9.57 Å². The molecule has 0 unspecified atom stereocenters. The predicted octanol–water partition coefficient (Wildman–Crippen LogP) is 3.39. The predicted molar refractivity (Wildman–Crippen MR) is 140 cm³/mol. The molecule has 3 N–H and O–H groups in total. The molecule has 3 heterocycles. The lowest BCUT2D eigenvalue weighted by Gasteiger charge is -2.26. The highest BCUT2D eigenvalue weighted by Gasteiger charge is 2.18. The standard InChI is InChI=1S/C27H26N6O4/c34-26(33-13-15-36-16-14-33)18-37-32-27(35)22-6-1-2-7-23(22)29-20-8-10-21-24(30-31-25(21)17-20)11-9-19-5-3-4-12-28-19/h1-12,17,29H,13-16,18H2,(H,30,31)(H,32,35)/b11-9+. The molecule has 2 amide bonds. The number of hydrogen-bond donors (Lipinski definition) is 3. The number of nitrogens with one attached hydrogen (secondary N) is 3. The van der Waals surface area contributed by atoms with E-state index in [1.54, 1.807) is 29.3 Å². The van der Waals surface area contributed by atoms with Crippen LogP contribution in [0.25, 0.3) is 23.1 Å². The summed E-state index contributed by atoms with van der Waals surface area (Å²) in [7, 11) is 0. The van der Waals surface area contributed by atoms with Crippen LogP contribution >= 0.6 is 0 Å². The van der Waals surface area contributed by atoms with E-state index in [0.717, 1.165) is 28.0 Å². The quantitative estimate of drug-likeness (QED) is 0.318. The molecule has 0 aliphatic carbocycles. The zero-order valence-electron chi connectivity index (χ0n) is 20.0. The fraction of sp³-hybridized carbons (Fsp3) is 0.185. The summed E-state index contributed by atoms with van der Waals surface area (Å²) in [5.41, 5.74) is 6.62. The van der Waals surface area contributed by atoms with Crippen LogP contribution in [0.5, 0.6) is 0 Å². The molecular weight excluding hydrogens is 472 g/mol. The molecular formula is C27H26N6O4. The molecule has 2 aromatic heterocycles. The summed E-state index contributed by atoms with van der Waals surface area (Å²) in [5.74, 6) is -0.653. The van der Waals surface area contributed by atoms with Crippen molar-refractivity contribution in [1.82, 2.24) is 25.6 Å². The molecule has 0 radical (unpaired) electrons. The van der Waals surface area contributed by atoms with Crippen molar-refractivity contribution in [2.24, 2.45) is 0 Å². The first-order valence-electron chi connectivity index (χ1n) is 11.9. The first-order chi connectivity index (χ1) is 18.2. The second kappa shape index (κ2) is 11.5. The summed E-state index contributed by atoms with van der Waals surface area (Å²) >= 11 is 0. The number of aromatic nitrogens is 3. The van der Waals surface area contributed by atoms with Gasteiger partial charge in [-0.05, 0) is 54.6 Å². The summed E-state index contributed by atoms with van der Waals surface area (Å²) in [6.07, 6.45) is 5.57. The van der Waals surface area contributed by atoms with Crippen LogP contribution in [0.1, 0.15) is 21.7 Å². The Morgan fingerprint density at radius 2 is 1.89 bits per heavy atom. The molecule has 0 atom stereocenters. The lowest BCUT2D eigenvalue weighted by atomic mass is 10.1. The van der Waals surface area contributed by atoms with Gasteiger partial charge in [-0.15, -0.1) is 0 Å². The number of carbonyl (C=O) groups excluding carboxylic acids is 2. The largest absolute Gasteiger partial charge is 0.378 e. The molecule has 1 aliphatic rings. The van der Waals surface area contributed by atoms with Gasteiger partial charge in [0.25, 0.3) is 11.8 Å². The van der Waals surface area contributed by atoms with E-state index < -0.39 is 5.91 Å². The Hall–Kier alpha value is -4.54. The zero-order valence-corrected chi connectivity index (χ0v) is 20.0. The molecule has 0 saturated carbocycles. The number of carbonyl (C=O) groups is 2. The highest BCUT2D eigenvalue weighted by molar-refractivity contribution is 6.00. The van der Waals surface area contributed by atoms with Crippen molar-refractivity contribution in [2.75, 3.05) is 38.2 Å². The van der Waals surface area contributed by atoms with Crippen molar-refractivity contribution < 1.29 is 19.2 Å². The topological polar surface area (TPSA) is 121 Å². The Morgan fingerprint density at radius 3 is 2.73 bits per heavy atom. The Balaban J connectivity index is 1.23. The van der Waals surface area contributed by atoms with Crippen LogP contribution in [-0.2, 0) is 14.4 Å². The summed E-state index contributed by atoms with van der Waals surface area (Å²) in [6, 6.07) is 18.6. The van der Waals surface area contributed by atoms with Gasteiger partial charge in [0.05, 0.1) is 41.4 Å². The molecule has 1 aliphatic heterocycles. The minimum atomic E-state index is -0.456. The van der Waals surface area contributed by atoms with Crippen LogP contribution in [-0.4, -0.2) is 64.8 Å². The van der Waals surface area contributed by atoms with E-state index in [2.05, 4.69) is 26.0 Å². The van der Waals surface area contributed by atoms with Crippen LogP contribution in [0.3, 0.4) is 0 Å². The highest BCUT2D eigenvalue weighted by Crippen LogP contribution is 2.26. The first-order valence-corrected chi connectivity index (χ1v) is 11.9. The van der Waals surface area contributed by atoms with Crippen LogP contribution in [0.15, 0.2) is 66.9 Å². The fourth-order valence-electron chi connectivity index (χ4n) is 3.95. The lowest BCUT2D eigenvalue weighted by molar-refractivity contribution is -0.142. The number of para-hydroxylation sites is 1. The van der Waals surface area contributed by atoms with Gasteiger partial charge in [-0.2, -0.15) is 5.10 Å². The molecule has 1 fully saturated rings. The number of morpholine rings is 1. The number of anilines is 2. The summed E-state index contributed by atoms with van der Waals surface area (Å²) in [5, 5.41) is 11.7. The normalized spacial score (nSPS) is 13.7. The minimum Gasteiger partial charge on any atom is -0.378 e.